The molecule has 1 amide bonds. The monoisotopic (exact) mass is 451 g/mol. The van der Waals surface area contributed by atoms with E-state index in [0.29, 0.717) is 30.5 Å². The summed E-state index contributed by atoms with van der Waals surface area (Å²) in [5.74, 6) is 1.11. The van der Waals surface area contributed by atoms with Gasteiger partial charge in [0.25, 0.3) is 5.91 Å². The first kappa shape index (κ1) is 23.6. The minimum atomic E-state index is -0.313. The van der Waals surface area contributed by atoms with Gasteiger partial charge in [0.15, 0.2) is 11.5 Å². The van der Waals surface area contributed by atoms with Crippen LogP contribution in [-0.4, -0.2) is 38.5 Å². The van der Waals surface area contributed by atoms with E-state index in [0.717, 1.165) is 11.3 Å². The zero-order chi connectivity index (χ0) is 23.3. The lowest BCUT2D eigenvalue weighted by Gasteiger charge is -2.13. The molecule has 0 aromatic heterocycles. The summed E-state index contributed by atoms with van der Waals surface area (Å²) in [6, 6.07) is 20.6. The zero-order valence-corrected chi connectivity index (χ0v) is 18.3. The first-order valence-electron chi connectivity index (χ1n) is 10.5. The predicted molar refractivity (Wildman–Crippen MR) is 126 cm³/mol. The second-order valence-electron chi connectivity index (χ2n) is 6.80. The third-order valence-corrected chi connectivity index (χ3v) is 4.32. The average Bonchev–Trinajstić information content (AvgIpc) is 2.83. The molecule has 8 heteroatoms. The highest BCUT2D eigenvalue weighted by Crippen LogP contribution is 2.28. The Labute approximate surface area is 192 Å². The summed E-state index contributed by atoms with van der Waals surface area (Å²) < 4.78 is 29.9. The molecule has 0 saturated carbocycles. The molecule has 3 aromatic rings. The Bertz CT molecular complexity index is 1040. The van der Waals surface area contributed by atoms with Crippen LogP contribution in [0.3, 0.4) is 0 Å². The smallest absolute Gasteiger partial charge is 0.259 e. The lowest BCUT2D eigenvalue weighted by Crippen LogP contribution is -2.25. The highest BCUT2D eigenvalue weighted by molar-refractivity contribution is 5.84. The van der Waals surface area contributed by atoms with Crippen LogP contribution in [-0.2, 0) is 4.79 Å². The second kappa shape index (κ2) is 12.7. The molecule has 3 aromatic carbocycles. The molecule has 0 aliphatic heterocycles. The van der Waals surface area contributed by atoms with E-state index < -0.39 is 0 Å². The fourth-order valence-electron chi connectivity index (χ4n) is 2.79. The number of para-hydroxylation sites is 1. The van der Waals surface area contributed by atoms with Gasteiger partial charge in [-0.3, -0.25) is 4.79 Å². The van der Waals surface area contributed by atoms with Gasteiger partial charge in [-0.2, -0.15) is 5.10 Å². The van der Waals surface area contributed by atoms with Crippen LogP contribution in [0.25, 0.3) is 0 Å². The number of hydrogen-bond acceptors (Lipinski definition) is 6. The van der Waals surface area contributed by atoms with Gasteiger partial charge in [-0.15, -0.1) is 0 Å². The maximum Gasteiger partial charge on any atom is 0.259 e. The Balaban J connectivity index is 1.47. The highest BCUT2D eigenvalue weighted by atomic mass is 19.1. The van der Waals surface area contributed by atoms with Crippen LogP contribution in [0.2, 0.25) is 0 Å². The number of ether oxygens (including phenoxy) is 3. The number of carbonyl (C=O) groups is 1. The van der Waals surface area contributed by atoms with E-state index in [1.165, 1.54) is 18.3 Å². The number of rotatable bonds is 12. The number of halogens is 1. The SMILES string of the molecule is CCOc1cc(/C=N/NC(=O)CNc2ccccc2)ccc1OCCOc1ccc(F)cc1. The van der Waals surface area contributed by atoms with Crippen LogP contribution >= 0.6 is 0 Å². The van der Waals surface area contributed by atoms with E-state index in [4.69, 9.17) is 14.2 Å². The topological polar surface area (TPSA) is 81.2 Å². The first-order valence-corrected chi connectivity index (χ1v) is 10.5. The Morgan fingerprint density at radius 1 is 0.939 bits per heavy atom. The van der Waals surface area contributed by atoms with Crippen molar-refractivity contribution in [1.82, 2.24) is 5.43 Å². The van der Waals surface area contributed by atoms with Gasteiger partial charge in [-0.05, 0) is 67.1 Å². The normalized spacial score (nSPS) is 10.6. The summed E-state index contributed by atoms with van der Waals surface area (Å²) in [4.78, 5) is 11.9. The van der Waals surface area contributed by atoms with Crippen LogP contribution in [0.4, 0.5) is 10.1 Å². The quantitative estimate of drug-likeness (QED) is 0.245. The van der Waals surface area contributed by atoms with Crippen LogP contribution < -0.4 is 25.0 Å². The Morgan fingerprint density at radius 2 is 1.70 bits per heavy atom. The van der Waals surface area contributed by atoms with Crippen molar-refractivity contribution in [3.05, 3.63) is 84.2 Å². The number of benzene rings is 3. The number of nitrogens with zero attached hydrogens (tertiary/aromatic N) is 1. The molecule has 0 spiro atoms. The predicted octanol–water partition coefficient (Wildman–Crippen LogP) is 4.24. The maximum absolute atomic E-state index is 12.9. The third-order valence-electron chi connectivity index (χ3n) is 4.32. The van der Waals surface area contributed by atoms with E-state index in [-0.39, 0.29) is 24.9 Å². The standard InChI is InChI=1S/C25H26FN3O4/c1-2-31-24-16-19(17-28-29-25(30)18-27-21-6-4-3-5-7-21)8-13-23(24)33-15-14-32-22-11-9-20(26)10-12-22/h3-13,16-17,27H,2,14-15,18H2,1H3,(H,29,30)/b28-17+. The molecule has 3 rings (SSSR count). The minimum absolute atomic E-state index is 0.109. The zero-order valence-electron chi connectivity index (χ0n) is 18.3. The van der Waals surface area contributed by atoms with Gasteiger partial charge in [-0.25, -0.2) is 9.82 Å². The largest absolute Gasteiger partial charge is 0.490 e. The molecule has 0 radical (unpaired) electrons. The number of nitrogens with one attached hydrogen (secondary N) is 2. The average molecular weight is 451 g/mol. The molecule has 2 N–H and O–H groups in total. The van der Waals surface area contributed by atoms with E-state index in [9.17, 15) is 9.18 Å². The van der Waals surface area contributed by atoms with Crippen molar-refractivity contribution >= 4 is 17.8 Å². The Hall–Kier alpha value is -4.07. The van der Waals surface area contributed by atoms with Crippen molar-refractivity contribution in [3.63, 3.8) is 0 Å². The van der Waals surface area contributed by atoms with Gasteiger partial charge in [-0.1, -0.05) is 18.2 Å². The van der Waals surface area contributed by atoms with Gasteiger partial charge >= 0.3 is 0 Å². The maximum atomic E-state index is 12.9. The molecule has 0 aliphatic carbocycles. The number of amides is 1. The van der Waals surface area contributed by atoms with Crippen LogP contribution in [0.5, 0.6) is 17.2 Å². The molecule has 0 fully saturated rings. The molecule has 7 nitrogen and oxygen atoms in total. The van der Waals surface area contributed by atoms with Crippen molar-refractivity contribution < 1.29 is 23.4 Å². The third kappa shape index (κ3) is 8.17. The van der Waals surface area contributed by atoms with Gasteiger partial charge < -0.3 is 19.5 Å². The lowest BCUT2D eigenvalue weighted by molar-refractivity contribution is -0.119. The number of anilines is 1. The van der Waals surface area contributed by atoms with Crippen molar-refractivity contribution in [2.24, 2.45) is 5.10 Å². The molecule has 0 heterocycles. The molecular formula is C25H26FN3O4. The van der Waals surface area contributed by atoms with Crippen molar-refractivity contribution in [2.45, 2.75) is 6.92 Å². The minimum Gasteiger partial charge on any atom is -0.490 e. The summed E-state index contributed by atoms with van der Waals surface area (Å²) in [7, 11) is 0. The summed E-state index contributed by atoms with van der Waals surface area (Å²) in [5.41, 5.74) is 4.08. The van der Waals surface area contributed by atoms with Gasteiger partial charge in [0.1, 0.15) is 24.8 Å². The van der Waals surface area contributed by atoms with E-state index in [1.54, 1.807) is 30.3 Å². The molecule has 0 saturated heterocycles. The molecule has 0 bridgehead atoms. The van der Waals surface area contributed by atoms with E-state index >= 15 is 0 Å². The van der Waals surface area contributed by atoms with Crippen LogP contribution in [0.1, 0.15) is 12.5 Å². The summed E-state index contributed by atoms with van der Waals surface area (Å²) >= 11 is 0. The van der Waals surface area contributed by atoms with Gasteiger partial charge in [0, 0.05) is 5.69 Å². The van der Waals surface area contributed by atoms with Crippen molar-refractivity contribution in [3.8, 4) is 17.2 Å². The molecule has 33 heavy (non-hydrogen) atoms. The molecular weight excluding hydrogens is 425 g/mol. The Morgan fingerprint density at radius 3 is 2.45 bits per heavy atom. The first-order chi connectivity index (χ1) is 16.1. The van der Waals surface area contributed by atoms with Crippen LogP contribution in [0.15, 0.2) is 77.9 Å². The molecule has 0 unspecified atom stereocenters. The summed E-state index contributed by atoms with van der Waals surface area (Å²) in [6.45, 7) is 3.03. The molecule has 0 aliphatic rings. The van der Waals surface area contributed by atoms with Crippen molar-refractivity contribution in [1.29, 1.82) is 0 Å². The second-order valence-corrected chi connectivity index (χ2v) is 6.80. The molecule has 172 valence electrons. The fourth-order valence-corrected chi connectivity index (χ4v) is 2.79. The number of carbonyl (C=O) groups excluding carboxylic acids is 1. The number of hydrogen-bond donors (Lipinski definition) is 2. The summed E-state index contributed by atoms with van der Waals surface area (Å²) in [5, 5.41) is 7.01. The Kier molecular flexibility index (Phi) is 9.08. The fraction of sp³-hybridized carbons (Fsp3) is 0.200. The van der Waals surface area contributed by atoms with Gasteiger partial charge in [0.2, 0.25) is 0 Å². The van der Waals surface area contributed by atoms with Crippen molar-refractivity contribution in [2.75, 3.05) is 31.7 Å². The van der Waals surface area contributed by atoms with Gasteiger partial charge in [0.05, 0.1) is 19.4 Å². The lowest BCUT2D eigenvalue weighted by atomic mass is 10.2. The van der Waals surface area contributed by atoms with E-state index in [2.05, 4.69) is 15.8 Å². The highest BCUT2D eigenvalue weighted by Gasteiger charge is 2.07. The summed E-state index contributed by atoms with van der Waals surface area (Å²) in [6.07, 6.45) is 1.53. The number of hydrazone groups is 1. The molecule has 0 atom stereocenters. The van der Waals surface area contributed by atoms with Crippen LogP contribution in [0, 0.1) is 5.82 Å². The van der Waals surface area contributed by atoms with E-state index in [1.807, 2.05) is 37.3 Å².